The standard InChI is InChI=1S/C14H23N3O/c1-5-17(10-14(18)16(4)11(2)3)13-8-6-12(15)7-9-13/h6-9,11H,5,10,15H2,1-4H3. The Bertz CT molecular complexity index is 387. The number of hydrogen-bond acceptors (Lipinski definition) is 3. The largest absolute Gasteiger partial charge is 0.399 e. The van der Waals surface area contributed by atoms with E-state index in [0.717, 1.165) is 17.9 Å². The van der Waals surface area contributed by atoms with Crippen LogP contribution in [0.4, 0.5) is 11.4 Å². The molecule has 0 fully saturated rings. The third kappa shape index (κ3) is 3.65. The molecule has 0 heterocycles. The summed E-state index contributed by atoms with van der Waals surface area (Å²) in [5.41, 5.74) is 7.43. The number of amides is 1. The molecule has 100 valence electrons. The molecule has 0 saturated carbocycles. The van der Waals surface area contributed by atoms with E-state index in [4.69, 9.17) is 5.73 Å². The molecule has 4 heteroatoms. The van der Waals surface area contributed by atoms with E-state index in [9.17, 15) is 4.79 Å². The summed E-state index contributed by atoms with van der Waals surface area (Å²) in [5.74, 6) is 0.128. The Balaban J connectivity index is 2.73. The third-order valence-corrected chi connectivity index (χ3v) is 3.13. The predicted molar refractivity (Wildman–Crippen MR) is 76.6 cm³/mol. The van der Waals surface area contributed by atoms with Gasteiger partial charge >= 0.3 is 0 Å². The number of nitrogen functional groups attached to an aromatic ring is 1. The normalized spacial score (nSPS) is 10.5. The number of nitrogens with two attached hydrogens (primary N) is 1. The van der Waals surface area contributed by atoms with Crippen molar-refractivity contribution in [1.82, 2.24) is 4.90 Å². The van der Waals surface area contributed by atoms with Crippen molar-refractivity contribution in [3.63, 3.8) is 0 Å². The number of rotatable bonds is 5. The van der Waals surface area contributed by atoms with Crippen molar-refractivity contribution in [2.75, 3.05) is 30.8 Å². The molecule has 0 unspecified atom stereocenters. The molecule has 1 amide bonds. The van der Waals surface area contributed by atoms with Gasteiger partial charge < -0.3 is 15.5 Å². The van der Waals surface area contributed by atoms with Crippen LogP contribution in [0.15, 0.2) is 24.3 Å². The van der Waals surface area contributed by atoms with E-state index in [1.54, 1.807) is 4.90 Å². The van der Waals surface area contributed by atoms with Gasteiger partial charge in [0.25, 0.3) is 0 Å². The number of nitrogens with zero attached hydrogens (tertiary/aromatic N) is 2. The van der Waals surface area contributed by atoms with E-state index < -0.39 is 0 Å². The maximum Gasteiger partial charge on any atom is 0.242 e. The number of hydrogen-bond donors (Lipinski definition) is 1. The van der Waals surface area contributed by atoms with E-state index >= 15 is 0 Å². The summed E-state index contributed by atoms with van der Waals surface area (Å²) in [6, 6.07) is 7.83. The van der Waals surface area contributed by atoms with E-state index in [0.29, 0.717) is 6.54 Å². The van der Waals surface area contributed by atoms with Crippen LogP contribution >= 0.6 is 0 Å². The molecule has 18 heavy (non-hydrogen) atoms. The topological polar surface area (TPSA) is 49.6 Å². The lowest BCUT2D eigenvalue weighted by Gasteiger charge is -2.27. The van der Waals surface area contributed by atoms with Crippen LogP contribution in [0.2, 0.25) is 0 Å². The molecule has 0 aliphatic rings. The highest BCUT2D eigenvalue weighted by atomic mass is 16.2. The monoisotopic (exact) mass is 249 g/mol. The zero-order valence-electron chi connectivity index (χ0n) is 11.7. The molecular formula is C14H23N3O. The molecule has 4 nitrogen and oxygen atoms in total. The summed E-state index contributed by atoms with van der Waals surface area (Å²) in [5, 5.41) is 0. The van der Waals surface area contributed by atoms with Crippen molar-refractivity contribution in [3.8, 4) is 0 Å². The Morgan fingerprint density at radius 2 is 1.83 bits per heavy atom. The maximum atomic E-state index is 12.1. The van der Waals surface area contributed by atoms with Crippen LogP contribution in [0.1, 0.15) is 20.8 Å². The van der Waals surface area contributed by atoms with Crippen molar-refractivity contribution < 1.29 is 4.79 Å². The lowest BCUT2D eigenvalue weighted by atomic mass is 10.2. The van der Waals surface area contributed by atoms with Crippen molar-refractivity contribution in [3.05, 3.63) is 24.3 Å². The van der Waals surface area contributed by atoms with Gasteiger partial charge in [0, 0.05) is 31.0 Å². The highest BCUT2D eigenvalue weighted by Crippen LogP contribution is 2.16. The van der Waals surface area contributed by atoms with Crippen LogP contribution in [0, 0.1) is 0 Å². The first-order chi connectivity index (χ1) is 8.45. The molecule has 1 aromatic rings. The minimum atomic E-state index is 0.128. The number of carbonyl (C=O) groups excluding carboxylic acids is 1. The van der Waals surface area contributed by atoms with Crippen molar-refractivity contribution in [1.29, 1.82) is 0 Å². The smallest absolute Gasteiger partial charge is 0.242 e. The molecule has 0 atom stereocenters. The second-order valence-electron chi connectivity index (χ2n) is 4.70. The minimum absolute atomic E-state index is 0.128. The van der Waals surface area contributed by atoms with Gasteiger partial charge in [0.05, 0.1) is 6.54 Å². The quantitative estimate of drug-likeness (QED) is 0.812. The highest BCUT2D eigenvalue weighted by Gasteiger charge is 2.15. The molecule has 0 bridgehead atoms. The first kappa shape index (κ1) is 14.4. The fourth-order valence-corrected chi connectivity index (χ4v) is 1.63. The molecule has 2 N–H and O–H groups in total. The van der Waals surface area contributed by atoms with Crippen LogP contribution < -0.4 is 10.6 Å². The highest BCUT2D eigenvalue weighted by molar-refractivity contribution is 5.81. The average Bonchev–Trinajstić information content (AvgIpc) is 2.35. The summed E-state index contributed by atoms with van der Waals surface area (Å²) in [4.78, 5) is 15.9. The lowest BCUT2D eigenvalue weighted by Crippen LogP contribution is -2.41. The Morgan fingerprint density at radius 1 is 1.28 bits per heavy atom. The van der Waals surface area contributed by atoms with E-state index in [1.165, 1.54) is 0 Å². The van der Waals surface area contributed by atoms with Gasteiger partial charge in [0.1, 0.15) is 0 Å². The molecule has 0 aromatic heterocycles. The predicted octanol–water partition coefficient (Wildman–Crippen LogP) is 1.96. The van der Waals surface area contributed by atoms with E-state index in [-0.39, 0.29) is 11.9 Å². The van der Waals surface area contributed by atoms with Gasteiger partial charge in [-0.05, 0) is 45.0 Å². The van der Waals surface area contributed by atoms with Crippen molar-refractivity contribution in [2.24, 2.45) is 0 Å². The second kappa shape index (κ2) is 6.28. The Labute approximate surface area is 109 Å². The molecule has 1 aromatic carbocycles. The van der Waals surface area contributed by atoms with Gasteiger partial charge in [-0.25, -0.2) is 0 Å². The van der Waals surface area contributed by atoms with Crippen molar-refractivity contribution in [2.45, 2.75) is 26.8 Å². The fourth-order valence-electron chi connectivity index (χ4n) is 1.63. The van der Waals surface area contributed by atoms with Crippen molar-refractivity contribution >= 4 is 17.3 Å². The average molecular weight is 249 g/mol. The summed E-state index contributed by atoms with van der Waals surface area (Å²) in [6.07, 6.45) is 0. The molecule has 0 aliphatic carbocycles. The zero-order chi connectivity index (χ0) is 13.7. The van der Waals surface area contributed by atoms with E-state index in [1.807, 2.05) is 57.0 Å². The van der Waals surface area contributed by atoms with Crippen LogP contribution in [0.3, 0.4) is 0 Å². The van der Waals surface area contributed by atoms with Crippen LogP contribution in [-0.4, -0.2) is 37.0 Å². The minimum Gasteiger partial charge on any atom is -0.399 e. The Hall–Kier alpha value is -1.71. The summed E-state index contributed by atoms with van der Waals surface area (Å²) < 4.78 is 0. The number of carbonyl (C=O) groups is 1. The maximum absolute atomic E-state index is 12.1. The molecule has 0 spiro atoms. The third-order valence-electron chi connectivity index (χ3n) is 3.13. The van der Waals surface area contributed by atoms with Gasteiger partial charge in [-0.2, -0.15) is 0 Å². The Morgan fingerprint density at radius 3 is 2.28 bits per heavy atom. The van der Waals surface area contributed by atoms with Crippen LogP contribution in [-0.2, 0) is 4.79 Å². The number of likely N-dealkylation sites (N-methyl/N-ethyl adjacent to an activating group) is 2. The van der Waals surface area contributed by atoms with Gasteiger partial charge in [0.2, 0.25) is 5.91 Å². The first-order valence-electron chi connectivity index (χ1n) is 6.31. The number of benzene rings is 1. The SMILES string of the molecule is CCN(CC(=O)N(C)C(C)C)c1ccc(N)cc1. The number of anilines is 2. The first-order valence-corrected chi connectivity index (χ1v) is 6.31. The van der Waals surface area contributed by atoms with Crippen LogP contribution in [0.25, 0.3) is 0 Å². The Kier molecular flexibility index (Phi) is 5.01. The van der Waals surface area contributed by atoms with Gasteiger partial charge in [-0.15, -0.1) is 0 Å². The molecule has 1 rings (SSSR count). The molecular weight excluding hydrogens is 226 g/mol. The summed E-state index contributed by atoms with van der Waals surface area (Å²) >= 11 is 0. The molecule has 0 radical (unpaired) electrons. The van der Waals surface area contributed by atoms with E-state index in [2.05, 4.69) is 0 Å². The van der Waals surface area contributed by atoms with Gasteiger partial charge in [-0.3, -0.25) is 4.79 Å². The molecule has 0 aliphatic heterocycles. The molecule has 0 saturated heterocycles. The summed E-state index contributed by atoms with van der Waals surface area (Å²) in [6.45, 7) is 7.25. The van der Waals surface area contributed by atoms with Gasteiger partial charge in [0.15, 0.2) is 0 Å². The van der Waals surface area contributed by atoms with Crippen LogP contribution in [0.5, 0.6) is 0 Å². The lowest BCUT2D eigenvalue weighted by molar-refractivity contribution is -0.129. The summed E-state index contributed by atoms with van der Waals surface area (Å²) in [7, 11) is 1.84. The zero-order valence-corrected chi connectivity index (χ0v) is 11.7. The fraction of sp³-hybridized carbons (Fsp3) is 0.500. The second-order valence-corrected chi connectivity index (χ2v) is 4.70. The van der Waals surface area contributed by atoms with Gasteiger partial charge in [-0.1, -0.05) is 0 Å².